The molecule has 3 rings (SSSR count). The van der Waals surface area contributed by atoms with Gasteiger partial charge in [0.2, 0.25) is 0 Å². The van der Waals surface area contributed by atoms with Gasteiger partial charge in [-0.25, -0.2) is 4.79 Å². The first-order valence-electron chi connectivity index (χ1n) is 10.8. The predicted octanol–water partition coefficient (Wildman–Crippen LogP) is 4.95. The van der Waals surface area contributed by atoms with Gasteiger partial charge >= 0.3 is 5.97 Å². The van der Waals surface area contributed by atoms with Crippen LogP contribution in [0.3, 0.4) is 0 Å². The molecule has 0 aliphatic rings. The summed E-state index contributed by atoms with van der Waals surface area (Å²) >= 11 is 0. The van der Waals surface area contributed by atoms with Crippen molar-refractivity contribution in [1.82, 2.24) is 0 Å². The van der Waals surface area contributed by atoms with Gasteiger partial charge in [0.25, 0.3) is 5.69 Å². The highest BCUT2D eigenvalue weighted by molar-refractivity contribution is 6.01. The molecule has 0 saturated heterocycles. The van der Waals surface area contributed by atoms with Gasteiger partial charge in [-0.05, 0) is 61.0 Å². The van der Waals surface area contributed by atoms with Crippen LogP contribution in [0.4, 0.5) is 22.7 Å². The van der Waals surface area contributed by atoms with E-state index in [-0.39, 0.29) is 35.5 Å². The summed E-state index contributed by atoms with van der Waals surface area (Å²) in [6, 6.07) is 16.9. The summed E-state index contributed by atoms with van der Waals surface area (Å²) in [5.41, 5.74) is 1.93. The van der Waals surface area contributed by atoms with E-state index in [9.17, 15) is 19.7 Å². The Morgan fingerprint density at radius 1 is 0.971 bits per heavy atom. The number of benzene rings is 3. The summed E-state index contributed by atoms with van der Waals surface area (Å²) in [5, 5.41) is 37.9. The molecule has 2 N–H and O–H groups in total. The van der Waals surface area contributed by atoms with Gasteiger partial charge in [-0.15, -0.1) is 0 Å². The standard InChI is InChI=1S/C25H24N4O6/c1-2-28(13-14-30)21-10-7-19(8-11-21)26-27-20-9-12-23(29(34)35)22(16-20)24(31)15-17-3-5-18(6-4-17)25(32)33/h3-12,16,30H,2,13-15H2,1H3,(H,32,33). The monoisotopic (exact) mass is 476 g/mol. The molecular weight excluding hydrogens is 452 g/mol. The molecular formula is C25H24N4O6. The van der Waals surface area contributed by atoms with Crippen LogP contribution in [0.2, 0.25) is 0 Å². The molecule has 0 amide bonds. The summed E-state index contributed by atoms with van der Waals surface area (Å²) in [7, 11) is 0. The number of hydrogen-bond donors (Lipinski definition) is 2. The average molecular weight is 476 g/mol. The second-order valence-corrected chi connectivity index (χ2v) is 7.58. The number of aromatic carboxylic acids is 1. The van der Waals surface area contributed by atoms with E-state index in [1.807, 2.05) is 24.0 Å². The minimum absolute atomic E-state index is 0.0458. The number of aliphatic hydroxyl groups is 1. The van der Waals surface area contributed by atoms with Crippen LogP contribution in [0.1, 0.15) is 33.2 Å². The number of rotatable bonds is 11. The van der Waals surface area contributed by atoms with Crippen molar-refractivity contribution in [1.29, 1.82) is 0 Å². The highest BCUT2D eigenvalue weighted by Gasteiger charge is 2.21. The molecule has 0 aliphatic heterocycles. The molecule has 0 aliphatic carbocycles. The van der Waals surface area contributed by atoms with E-state index < -0.39 is 16.7 Å². The number of nitro benzene ring substituents is 1. The largest absolute Gasteiger partial charge is 0.478 e. The van der Waals surface area contributed by atoms with E-state index in [1.54, 1.807) is 12.1 Å². The predicted molar refractivity (Wildman–Crippen MR) is 130 cm³/mol. The molecule has 0 aromatic heterocycles. The number of carboxylic acid groups (broad SMARTS) is 1. The maximum Gasteiger partial charge on any atom is 0.335 e. The SMILES string of the molecule is CCN(CCO)c1ccc(N=Nc2ccc([N+](=O)[O-])c(C(=O)Cc3ccc(C(=O)O)cc3)c2)cc1. The third kappa shape index (κ3) is 6.55. The van der Waals surface area contributed by atoms with Gasteiger partial charge in [0.1, 0.15) is 0 Å². The number of nitro groups is 1. The Kier molecular flexibility index (Phi) is 8.36. The Bertz CT molecular complexity index is 1240. The van der Waals surface area contributed by atoms with Crippen molar-refractivity contribution in [2.24, 2.45) is 10.2 Å². The smallest absolute Gasteiger partial charge is 0.335 e. The molecule has 0 fully saturated rings. The highest BCUT2D eigenvalue weighted by atomic mass is 16.6. The Labute approximate surface area is 201 Å². The van der Waals surface area contributed by atoms with Crippen LogP contribution in [0.15, 0.2) is 77.0 Å². The normalized spacial score (nSPS) is 10.9. The van der Waals surface area contributed by atoms with Crippen LogP contribution in [-0.4, -0.2) is 46.6 Å². The molecule has 3 aromatic rings. The van der Waals surface area contributed by atoms with Crippen LogP contribution in [0.5, 0.6) is 0 Å². The summed E-state index contributed by atoms with van der Waals surface area (Å²) in [6.07, 6.45) is -0.134. The van der Waals surface area contributed by atoms with Gasteiger partial charge in [-0.3, -0.25) is 14.9 Å². The number of ketones is 1. The topological polar surface area (TPSA) is 146 Å². The summed E-state index contributed by atoms with van der Waals surface area (Å²) < 4.78 is 0. The molecule has 0 heterocycles. The Morgan fingerprint density at radius 3 is 2.17 bits per heavy atom. The van der Waals surface area contributed by atoms with Crippen LogP contribution >= 0.6 is 0 Å². The number of carbonyl (C=O) groups excluding carboxylic acids is 1. The number of carboxylic acids is 1. The first-order valence-corrected chi connectivity index (χ1v) is 10.8. The van der Waals surface area contributed by atoms with Crippen LogP contribution in [0.25, 0.3) is 0 Å². The first-order chi connectivity index (χ1) is 16.8. The zero-order valence-electron chi connectivity index (χ0n) is 19.0. The molecule has 3 aromatic carbocycles. The number of azo groups is 1. The lowest BCUT2D eigenvalue weighted by atomic mass is 10.00. The van der Waals surface area contributed by atoms with Gasteiger partial charge in [0.05, 0.1) is 34.0 Å². The average Bonchev–Trinajstić information content (AvgIpc) is 2.86. The van der Waals surface area contributed by atoms with Gasteiger partial charge < -0.3 is 15.1 Å². The summed E-state index contributed by atoms with van der Waals surface area (Å²) in [5.74, 6) is -1.58. The van der Waals surface area contributed by atoms with Crippen molar-refractivity contribution in [3.8, 4) is 0 Å². The van der Waals surface area contributed by atoms with Crippen molar-refractivity contribution >= 4 is 34.5 Å². The Balaban J connectivity index is 1.80. The third-order valence-electron chi connectivity index (χ3n) is 5.29. The zero-order valence-corrected chi connectivity index (χ0v) is 19.0. The highest BCUT2D eigenvalue weighted by Crippen LogP contribution is 2.28. The van der Waals surface area contributed by atoms with E-state index >= 15 is 0 Å². The molecule has 0 bridgehead atoms. The third-order valence-corrected chi connectivity index (χ3v) is 5.29. The van der Waals surface area contributed by atoms with E-state index in [0.717, 1.165) is 12.2 Å². The minimum atomic E-state index is -1.08. The first kappa shape index (κ1) is 25.2. The number of likely N-dealkylation sites (N-methyl/N-ethyl adjacent to an activating group) is 1. The van der Waals surface area contributed by atoms with Crippen molar-refractivity contribution in [3.05, 3.63) is 93.5 Å². The van der Waals surface area contributed by atoms with Gasteiger partial charge in [-0.2, -0.15) is 10.2 Å². The van der Waals surface area contributed by atoms with Gasteiger partial charge in [0.15, 0.2) is 5.78 Å². The lowest BCUT2D eigenvalue weighted by molar-refractivity contribution is -0.385. The molecule has 180 valence electrons. The van der Waals surface area contributed by atoms with Crippen LogP contribution in [-0.2, 0) is 6.42 Å². The quantitative estimate of drug-likeness (QED) is 0.172. The molecule has 0 spiro atoms. The van der Waals surface area contributed by atoms with Crippen molar-refractivity contribution in [3.63, 3.8) is 0 Å². The van der Waals surface area contributed by atoms with E-state index in [0.29, 0.717) is 17.8 Å². The molecule has 10 heteroatoms. The number of Topliss-reactive ketones (excluding diaryl/α,β-unsaturated/α-hetero) is 1. The maximum atomic E-state index is 12.9. The van der Waals surface area contributed by atoms with Crippen LogP contribution in [0, 0.1) is 10.1 Å². The molecule has 0 atom stereocenters. The van der Waals surface area contributed by atoms with E-state index in [1.165, 1.54) is 42.5 Å². The number of nitrogens with zero attached hydrogens (tertiary/aromatic N) is 4. The van der Waals surface area contributed by atoms with Crippen LogP contribution < -0.4 is 4.90 Å². The Hall–Kier alpha value is -4.44. The number of carbonyl (C=O) groups is 2. The minimum Gasteiger partial charge on any atom is -0.478 e. The lowest BCUT2D eigenvalue weighted by Crippen LogP contribution is -2.25. The van der Waals surface area contributed by atoms with E-state index in [4.69, 9.17) is 10.2 Å². The summed E-state index contributed by atoms with van der Waals surface area (Å²) in [4.78, 5) is 36.7. The van der Waals surface area contributed by atoms with Crippen molar-refractivity contribution < 1.29 is 24.7 Å². The number of aliphatic hydroxyl groups excluding tert-OH is 1. The lowest BCUT2D eigenvalue weighted by Gasteiger charge is -2.21. The molecule has 0 unspecified atom stereocenters. The fourth-order valence-corrected chi connectivity index (χ4v) is 3.45. The number of anilines is 1. The molecule has 0 radical (unpaired) electrons. The molecule has 0 saturated carbocycles. The van der Waals surface area contributed by atoms with E-state index in [2.05, 4.69) is 10.2 Å². The van der Waals surface area contributed by atoms with Crippen molar-refractivity contribution in [2.45, 2.75) is 13.3 Å². The second kappa shape index (κ2) is 11.6. The van der Waals surface area contributed by atoms with Crippen molar-refractivity contribution in [2.75, 3.05) is 24.6 Å². The van der Waals surface area contributed by atoms with Gasteiger partial charge in [0, 0.05) is 31.3 Å². The van der Waals surface area contributed by atoms with Gasteiger partial charge in [-0.1, -0.05) is 12.1 Å². The Morgan fingerprint density at radius 2 is 1.60 bits per heavy atom. The summed E-state index contributed by atoms with van der Waals surface area (Å²) in [6.45, 7) is 3.29. The maximum absolute atomic E-state index is 12.9. The number of hydrogen-bond acceptors (Lipinski definition) is 8. The zero-order chi connectivity index (χ0) is 25.4. The fraction of sp³-hybridized carbons (Fsp3) is 0.200. The molecule has 10 nitrogen and oxygen atoms in total. The molecule has 35 heavy (non-hydrogen) atoms. The fourth-order valence-electron chi connectivity index (χ4n) is 3.45. The second-order valence-electron chi connectivity index (χ2n) is 7.58.